The van der Waals surface area contributed by atoms with Crippen LogP contribution in [0.2, 0.25) is 0 Å². The van der Waals surface area contributed by atoms with Crippen molar-refractivity contribution < 1.29 is 24.5 Å². The number of carbonyl (C=O) groups is 1. The van der Waals surface area contributed by atoms with Gasteiger partial charge in [0.2, 0.25) is 5.91 Å². The maximum atomic E-state index is 10.7. The quantitative estimate of drug-likeness (QED) is 0.348. The summed E-state index contributed by atoms with van der Waals surface area (Å²) >= 11 is 0. The third-order valence-electron chi connectivity index (χ3n) is 5.11. The van der Waals surface area contributed by atoms with Crippen LogP contribution in [0.3, 0.4) is 0 Å². The monoisotopic (exact) mass is 377 g/mol. The van der Waals surface area contributed by atoms with Crippen molar-refractivity contribution in [2.45, 2.75) is 63.3 Å². The second-order valence-electron chi connectivity index (χ2n) is 7.25. The van der Waals surface area contributed by atoms with Crippen LogP contribution in [-0.2, 0) is 11.2 Å². The van der Waals surface area contributed by atoms with E-state index in [-0.39, 0.29) is 17.7 Å². The molecule has 1 aliphatic rings. The Hall–Kier alpha value is -1.89. The molecule has 1 aromatic heterocycles. The zero-order chi connectivity index (χ0) is 19.6. The van der Waals surface area contributed by atoms with Crippen LogP contribution >= 0.6 is 0 Å². The highest BCUT2D eigenvalue weighted by Crippen LogP contribution is 2.36. The second kappa shape index (κ2) is 11.1. The highest BCUT2D eigenvalue weighted by atomic mass is 16.3. The molecular formula is C21H31NO5. The summed E-state index contributed by atoms with van der Waals surface area (Å²) in [5.74, 6) is 0.265. The summed E-state index contributed by atoms with van der Waals surface area (Å²) in [5.41, 5.74) is 5.11. The average Bonchev–Trinajstić information content (AvgIpc) is 3.22. The van der Waals surface area contributed by atoms with Gasteiger partial charge in [-0.15, -0.1) is 0 Å². The number of amides is 1. The second-order valence-corrected chi connectivity index (χ2v) is 7.25. The van der Waals surface area contributed by atoms with E-state index >= 15 is 0 Å². The Bertz CT molecular complexity index is 610. The van der Waals surface area contributed by atoms with Gasteiger partial charge in [0.15, 0.2) is 0 Å². The van der Waals surface area contributed by atoms with Crippen molar-refractivity contribution in [3.63, 3.8) is 0 Å². The summed E-state index contributed by atoms with van der Waals surface area (Å²) in [6, 6.07) is 3.69. The Balaban J connectivity index is 1.81. The first-order valence-electron chi connectivity index (χ1n) is 9.65. The van der Waals surface area contributed by atoms with E-state index in [1.165, 1.54) is 0 Å². The van der Waals surface area contributed by atoms with E-state index in [1.807, 2.05) is 30.4 Å². The largest absolute Gasteiger partial charge is 0.469 e. The lowest BCUT2D eigenvalue weighted by Gasteiger charge is -2.19. The zero-order valence-corrected chi connectivity index (χ0v) is 15.6. The van der Waals surface area contributed by atoms with Crippen LogP contribution in [0.15, 0.2) is 47.1 Å². The normalized spacial score (nSPS) is 26.9. The molecule has 27 heavy (non-hydrogen) atoms. The molecule has 5 atom stereocenters. The summed E-state index contributed by atoms with van der Waals surface area (Å²) in [6.45, 7) is 0. The molecule has 1 saturated carbocycles. The first-order valence-corrected chi connectivity index (χ1v) is 9.65. The van der Waals surface area contributed by atoms with Crippen LogP contribution in [0.25, 0.3) is 0 Å². The van der Waals surface area contributed by atoms with Crippen LogP contribution in [0.4, 0.5) is 0 Å². The van der Waals surface area contributed by atoms with Gasteiger partial charge in [-0.25, -0.2) is 0 Å². The van der Waals surface area contributed by atoms with Gasteiger partial charge in [-0.05, 0) is 43.7 Å². The number of aliphatic hydroxyl groups is 3. The maximum absolute atomic E-state index is 10.7. The van der Waals surface area contributed by atoms with Crippen LogP contribution < -0.4 is 5.73 Å². The van der Waals surface area contributed by atoms with Crippen molar-refractivity contribution in [2.24, 2.45) is 17.6 Å². The van der Waals surface area contributed by atoms with Crippen molar-refractivity contribution in [3.8, 4) is 0 Å². The highest BCUT2D eigenvalue weighted by molar-refractivity contribution is 5.73. The van der Waals surface area contributed by atoms with E-state index in [4.69, 9.17) is 10.2 Å². The fraction of sp³-hybridized carbons (Fsp3) is 0.571. The predicted octanol–water partition coefficient (Wildman–Crippen LogP) is 2.09. The minimum absolute atomic E-state index is 0.0825. The third-order valence-corrected chi connectivity index (χ3v) is 5.11. The van der Waals surface area contributed by atoms with Crippen LogP contribution in [0, 0.1) is 11.8 Å². The number of rotatable bonds is 11. The number of primary amides is 1. The van der Waals surface area contributed by atoms with Gasteiger partial charge >= 0.3 is 0 Å². The molecule has 1 heterocycles. The summed E-state index contributed by atoms with van der Waals surface area (Å²) in [5, 5.41) is 30.6. The van der Waals surface area contributed by atoms with Gasteiger partial charge in [-0.2, -0.15) is 0 Å². The minimum atomic E-state index is -0.620. The molecule has 150 valence electrons. The number of allylic oxidation sites excluding steroid dienone is 2. The first kappa shape index (κ1) is 21.4. The molecule has 1 aliphatic carbocycles. The molecule has 1 fully saturated rings. The molecule has 0 bridgehead atoms. The smallest absolute Gasteiger partial charge is 0.217 e. The lowest BCUT2D eigenvalue weighted by atomic mass is 9.89. The standard InChI is InChI=1S/C21H31NO5/c22-21(26)8-4-2-1-3-7-17-18(20(25)14-19(17)24)12-10-15(23)9-11-16-6-5-13-27-16/h1,3,5-6,10,12-13,15,17-20,23-25H,2,4,7-9,11,14H2,(H2,22,26)/b3-1-,12-10+/t15-,17-,18-,19+,20+/m1/s1. The van der Waals surface area contributed by atoms with Crippen molar-refractivity contribution >= 4 is 5.91 Å². The maximum Gasteiger partial charge on any atom is 0.217 e. The summed E-state index contributed by atoms with van der Waals surface area (Å²) in [7, 11) is 0. The van der Waals surface area contributed by atoms with Crippen molar-refractivity contribution in [1.82, 2.24) is 0 Å². The SMILES string of the molecule is NC(=O)CCC/C=C\C[C@@H]1[C@@H](/C=C/[C@H](O)CCc2ccco2)[C@@H](O)C[C@@H]1O. The van der Waals surface area contributed by atoms with Gasteiger partial charge in [-0.1, -0.05) is 24.3 Å². The van der Waals surface area contributed by atoms with Gasteiger partial charge in [0.25, 0.3) is 0 Å². The van der Waals surface area contributed by atoms with E-state index in [2.05, 4.69) is 0 Å². The lowest BCUT2D eigenvalue weighted by Crippen LogP contribution is -2.20. The molecule has 6 nitrogen and oxygen atoms in total. The van der Waals surface area contributed by atoms with Gasteiger partial charge in [0.1, 0.15) is 5.76 Å². The molecule has 1 amide bonds. The number of nitrogens with two attached hydrogens (primary N) is 1. The molecule has 1 aromatic rings. The van der Waals surface area contributed by atoms with Crippen molar-refractivity contribution in [1.29, 1.82) is 0 Å². The summed E-state index contributed by atoms with van der Waals surface area (Å²) in [4.78, 5) is 10.7. The number of furan rings is 1. The van der Waals surface area contributed by atoms with Gasteiger partial charge < -0.3 is 25.5 Å². The van der Waals surface area contributed by atoms with Gasteiger partial charge in [0, 0.05) is 25.2 Å². The van der Waals surface area contributed by atoms with Crippen molar-refractivity contribution in [3.05, 3.63) is 48.5 Å². The number of hydrogen-bond donors (Lipinski definition) is 4. The first-order chi connectivity index (χ1) is 13.0. The molecule has 0 aliphatic heterocycles. The molecular weight excluding hydrogens is 346 g/mol. The lowest BCUT2D eigenvalue weighted by molar-refractivity contribution is -0.118. The Morgan fingerprint density at radius 1 is 1.33 bits per heavy atom. The third kappa shape index (κ3) is 7.33. The number of hydrogen-bond acceptors (Lipinski definition) is 5. The van der Waals surface area contributed by atoms with E-state index in [1.54, 1.807) is 12.3 Å². The summed E-state index contributed by atoms with van der Waals surface area (Å²) < 4.78 is 5.25. The van der Waals surface area contributed by atoms with Crippen LogP contribution in [0.5, 0.6) is 0 Å². The van der Waals surface area contributed by atoms with Crippen LogP contribution in [0.1, 0.15) is 44.3 Å². The predicted molar refractivity (Wildman–Crippen MR) is 103 cm³/mol. The molecule has 0 spiro atoms. The molecule has 2 rings (SSSR count). The zero-order valence-electron chi connectivity index (χ0n) is 15.6. The van der Waals surface area contributed by atoms with E-state index in [9.17, 15) is 20.1 Å². The highest BCUT2D eigenvalue weighted by Gasteiger charge is 2.39. The molecule has 0 saturated heterocycles. The minimum Gasteiger partial charge on any atom is -0.469 e. The van der Waals surface area contributed by atoms with E-state index < -0.39 is 18.3 Å². The molecule has 0 aromatic carbocycles. The molecule has 6 heteroatoms. The Morgan fingerprint density at radius 2 is 2.15 bits per heavy atom. The summed E-state index contributed by atoms with van der Waals surface area (Å²) in [6.07, 6.45) is 11.4. The average molecular weight is 377 g/mol. The molecule has 0 radical (unpaired) electrons. The topological polar surface area (TPSA) is 117 Å². The Labute approximate surface area is 160 Å². The van der Waals surface area contributed by atoms with E-state index in [0.29, 0.717) is 38.5 Å². The molecule has 0 unspecified atom stereocenters. The van der Waals surface area contributed by atoms with Crippen molar-refractivity contribution in [2.75, 3.05) is 0 Å². The van der Waals surface area contributed by atoms with Gasteiger partial charge in [0.05, 0.1) is 24.6 Å². The van der Waals surface area contributed by atoms with E-state index in [0.717, 1.165) is 12.2 Å². The Kier molecular flexibility index (Phi) is 8.78. The molecule has 5 N–H and O–H groups in total. The van der Waals surface area contributed by atoms with Gasteiger partial charge in [-0.3, -0.25) is 4.79 Å². The fourth-order valence-corrected chi connectivity index (χ4v) is 3.57. The number of aryl methyl sites for hydroxylation is 1. The number of aliphatic hydroxyl groups excluding tert-OH is 3. The van der Waals surface area contributed by atoms with Crippen LogP contribution in [-0.4, -0.2) is 39.5 Å². The fourth-order valence-electron chi connectivity index (χ4n) is 3.57. The number of unbranched alkanes of at least 4 members (excludes halogenated alkanes) is 1. The Morgan fingerprint density at radius 3 is 2.85 bits per heavy atom. The number of carbonyl (C=O) groups excluding carboxylic acids is 1.